The van der Waals surface area contributed by atoms with E-state index in [1.165, 1.54) is 0 Å². The number of fused-ring (bicyclic) bond motifs is 1. The topological polar surface area (TPSA) is 80.5 Å². The van der Waals surface area contributed by atoms with E-state index >= 15 is 0 Å². The van der Waals surface area contributed by atoms with Crippen LogP contribution in [0, 0.1) is 0 Å². The summed E-state index contributed by atoms with van der Waals surface area (Å²) in [6.07, 6.45) is 3.88. The molecule has 1 amide bonds. The van der Waals surface area contributed by atoms with Crippen molar-refractivity contribution < 1.29 is 9.53 Å². The van der Waals surface area contributed by atoms with Crippen molar-refractivity contribution in [2.45, 2.75) is 18.6 Å². The van der Waals surface area contributed by atoms with Gasteiger partial charge in [-0.05, 0) is 6.07 Å². The fourth-order valence-corrected chi connectivity index (χ4v) is 2.44. The lowest BCUT2D eigenvalue weighted by Crippen LogP contribution is -2.49. The highest BCUT2D eigenvalue weighted by Gasteiger charge is 2.38. The summed E-state index contributed by atoms with van der Waals surface area (Å²) >= 11 is 0. The molecular formula is C11H14N4O2. The van der Waals surface area contributed by atoms with Gasteiger partial charge >= 0.3 is 6.09 Å². The number of amides is 1. The van der Waals surface area contributed by atoms with Gasteiger partial charge in [-0.2, -0.15) is 0 Å². The molecule has 90 valence electrons. The molecule has 0 aromatic carbocycles. The van der Waals surface area contributed by atoms with Crippen LogP contribution in [0.15, 0.2) is 18.5 Å². The van der Waals surface area contributed by atoms with Gasteiger partial charge in [0, 0.05) is 25.7 Å². The molecule has 3 rings (SSSR count). The number of nitrogens with one attached hydrogen (secondary N) is 1. The second-order valence-electron chi connectivity index (χ2n) is 4.36. The molecule has 3 N–H and O–H groups in total. The molecule has 6 nitrogen and oxygen atoms in total. The van der Waals surface area contributed by atoms with E-state index in [0.29, 0.717) is 5.69 Å². The quantitative estimate of drug-likeness (QED) is 0.733. The smallest absolute Gasteiger partial charge is 0.407 e. The molecule has 2 aliphatic heterocycles. The number of hydrogen-bond donors (Lipinski definition) is 2. The highest BCUT2D eigenvalue weighted by atomic mass is 16.6. The van der Waals surface area contributed by atoms with Gasteiger partial charge in [0.2, 0.25) is 0 Å². The third-order valence-corrected chi connectivity index (χ3v) is 3.28. The number of nitrogens with zero attached hydrogens (tertiary/aromatic N) is 2. The number of rotatable bonds is 1. The standard InChI is InChI=1S/C11H14N4O2/c12-7-5-13-3-1-9(7)15-4-2-10-8(6-15)14-11(16)17-10/h1,3,5,8,10H,2,4,6,12H2,(H,14,16). The van der Waals surface area contributed by atoms with Gasteiger partial charge in [-0.1, -0.05) is 0 Å². The van der Waals surface area contributed by atoms with Gasteiger partial charge in [-0.3, -0.25) is 4.98 Å². The van der Waals surface area contributed by atoms with Crippen molar-refractivity contribution in [1.29, 1.82) is 0 Å². The second-order valence-corrected chi connectivity index (χ2v) is 4.36. The molecule has 2 atom stereocenters. The predicted molar refractivity (Wildman–Crippen MR) is 62.7 cm³/mol. The van der Waals surface area contributed by atoms with Crippen LogP contribution in [-0.4, -0.2) is 36.3 Å². The first-order valence-corrected chi connectivity index (χ1v) is 5.65. The summed E-state index contributed by atoms with van der Waals surface area (Å²) in [6.45, 7) is 1.56. The number of pyridine rings is 1. The largest absolute Gasteiger partial charge is 0.444 e. The van der Waals surface area contributed by atoms with E-state index in [1.807, 2.05) is 6.07 Å². The van der Waals surface area contributed by atoms with Crippen LogP contribution >= 0.6 is 0 Å². The summed E-state index contributed by atoms with van der Waals surface area (Å²) in [7, 11) is 0. The summed E-state index contributed by atoms with van der Waals surface area (Å²) in [6, 6.07) is 1.96. The number of carbonyl (C=O) groups excluding carboxylic acids is 1. The van der Waals surface area contributed by atoms with Gasteiger partial charge in [-0.15, -0.1) is 0 Å². The Morgan fingerprint density at radius 1 is 1.59 bits per heavy atom. The number of alkyl carbamates (subject to hydrolysis) is 1. The zero-order chi connectivity index (χ0) is 11.8. The van der Waals surface area contributed by atoms with Crippen LogP contribution in [0.25, 0.3) is 0 Å². The van der Waals surface area contributed by atoms with E-state index in [2.05, 4.69) is 15.2 Å². The minimum Gasteiger partial charge on any atom is -0.444 e. The molecule has 6 heteroatoms. The van der Waals surface area contributed by atoms with Crippen molar-refractivity contribution in [3.05, 3.63) is 18.5 Å². The average molecular weight is 234 g/mol. The van der Waals surface area contributed by atoms with E-state index in [4.69, 9.17) is 10.5 Å². The molecule has 0 bridgehead atoms. The van der Waals surface area contributed by atoms with Crippen molar-refractivity contribution in [3.63, 3.8) is 0 Å². The first-order valence-electron chi connectivity index (χ1n) is 5.65. The molecule has 0 aliphatic carbocycles. The van der Waals surface area contributed by atoms with Crippen molar-refractivity contribution >= 4 is 17.5 Å². The number of nitrogens with two attached hydrogens (primary N) is 1. The zero-order valence-electron chi connectivity index (χ0n) is 9.30. The van der Waals surface area contributed by atoms with Gasteiger partial charge in [0.1, 0.15) is 6.10 Å². The summed E-state index contributed by atoms with van der Waals surface area (Å²) < 4.78 is 5.16. The van der Waals surface area contributed by atoms with Crippen molar-refractivity contribution in [3.8, 4) is 0 Å². The molecule has 2 saturated heterocycles. The maximum atomic E-state index is 11.1. The lowest BCUT2D eigenvalue weighted by atomic mass is 10.0. The number of ether oxygens (including phenoxy) is 1. The van der Waals surface area contributed by atoms with Gasteiger partial charge in [0.05, 0.1) is 23.6 Å². The average Bonchev–Trinajstić information content (AvgIpc) is 2.68. The van der Waals surface area contributed by atoms with Crippen molar-refractivity contribution in [2.24, 2.45) is 0 Å². The minimum absolute atomic E-state index is 0.00168. The lowest BCUT2D eigenvalue weighted by molar-refractivity contribution is 0.121. The van der Waals surface area contributed by atoms with Crippen molar-refractivity contribution in [1.82, 2.24) is 10.3 Å². The second kappa shape index (κ2) is 3.80. The van der Waals surface area contributed by atoms with Gasteiger partial charge in [-0.25, -0.2) is 4.79 Å². The molecule has 2 fully saturated rings. The Morgan fingerprint density at radius 2 is 2.47 bits per heavy atom. The fraction of sp³-hybridized carbons (Fsp3) is 0.455. The number of nitrogen functional groups attached to an aromatic ring is 1. The van der Waals surface area contributed by atoms with Crippen LogP contribution in [0.4, 0.5) is 16.2 Å². The molecule has 2 unspecified atom stereocenters. The third-order valence-electron chi connectivity index (χ3n) is 3.28. The van der Waals surface area contributed by atoms with Gasteiger partial charge < -0.3 is 20.7 Å². The third kappa shape index (κ3) is 1.75. The monoisotopic (exact) mass is 234 g/mol. The maximum Gasteiger partial charge on any atom is 0.407 e. The summed E-state index contributed by atoms with van der Waals surface area (Å²) in [5, 5.41) is 2.82. The lowest BCUT2D eigenvalue weighted by Gasteiger charge is -2.34. The molecule has 0 saturated carbocycles. The molecule has 1 aromatic heterocycles. The van der Waals surface area contributed by atoms with E-state index in [0.717, 1.165) is 25.2 Å². The number of piperidine rings is 1. The number of anilines is 2. The van der Waals surface area contributed by atoms with Crippen LogP contribution in [0.3, 0.4) is 0 Å². The molecule has 17 heavy (non-hydrogen) atoms. The molecular weight excluding hydrogens is 220 g/mol. The van der Waals surface area contributed by atoms with Crippen LogP contribution in [0.2, 0.25) is 0 Å². The zero-order valence-corrected chi connectivity index (χ0v) is 9.30. The predicted octanol–water partition coefficient (Wildman–Crippen LogP) is 0.351. The first kappa shape index (κ1) is 10.2. The molecule has 0 radical (unpaired) electrons. The Kier molecular flexibility index (Phi) is 2.28. The molecule has 3 heterocycles. The SMILES string of the molecule is Nc1cnccc1N1CCC2OC(=O)NC2C1. The Morgan fingerprint density at radius 3 is 3.29 bits per heavy atom. The Bertz CT molecular complexity index is 451. The first-order chi connectivity index (χ1) is 8.24. The Labute approximate surface area is 98.8 Å². The molecule has 1 aromatic rings. The van der Waals surface area contributed by atoms with Crippen LogP contribution < -0.4 is 16.0 Å². The van der Waals surface area contributed by atoms with Crippen LogP contribution in [0.1, 0.15) is 6.42 Å². The number of aromatic nitrogens is 1. The Hall–Kier alpha value is -1.98. The normalized spacial score (nSPS) is 27.3. The van der Waals surface area contributed by atoms with Gasteiger partial charge in [0.25, 0.3) is 0 Å². The highest BCUT2D eigenvalue weighted by molar-refractivity contribution is 5.71. The van der Waals surface area contributed by atoms with E-state index < -0.39 is 0 Å². The number of hydrogen-bond acceptors (Lipinski definition) is 5. The minimum atomic E-state index is -0.315. The molecule has 2 aliphatic rings. The summed E-state index contributed by atoms with van der Waals surface area (Å²) in [5.41, 5.74) is 7.53. The van der Waals surface area contributed by atoms with E-state index in [-0.39, 0.29) is 18.2 Å². The fourth-order valence-electron chi connectivity index (χ4n) is 2.44. The van der Waals surface area contributed by atoms with E-state index in [1.54, 1.807) is 12.4 Å². The van der Waals surface area contributed by atoms with Crippen LogP contribution in [-0.2, 0) is 4.74 Å². The van der Waals surface area contributed by atoms with Gasteiger partial charge in [0.15, 0.2) is 0 Å². The highest BCUT2D eigenvalue weighted by Crippen LogP contribution is 2.27. The van der Waals surface area contributed by atoms with Crippen molar-refractivity contribution in [2.75, 3.05) is 23.7 Å². The summed E-state index contributed by atoms with van der Waals surface area (Å²) in [4.78, 5) is 17.3. The Balaban J connectivity index is 1.79. The molecule has 0 spiro atoms. The summed E-state index contributed by atoms with van der Waals surface area (Å²) in [5.74, 6) is 0. The van der Waals surface area contributed by atoms with E-state index in [9.17, 15) is 4.79 Å². The number of carbonyl (C=O) groups is 1. The maximum absolute atomic E-state index is 11.1. The van der Waals surface area contributed by atoms with Crippen LogP contribution in [0.5, 0.6) is 0 Å².